The third-order valence-corrected chi connectivity index (χ3v) is 5.89. The lowest BCUT2D eigenvalue weighted by Gasteiger charge is -2.28. The fourth-order valence-electron chi connectivity index (χ4n) is 2.63. The number of para-hydroxylation sites is 1. The molecule has 1 amide bonds. The minimum Gasteiger partial charge on any atom is -0.337 e. The average molecular weight is 401 g/mol. The van der Waals surface area contributed by atoms with Gasteiger partial charge in [0.15, 0.2) is 5.16 Å². The highest BCUT2D eigenvalue weighted by Crippen LogP contribution is 2.25. The summed E-state index contributed by atoms with van der Waals surface area (Å²) in [5.41, 5.74) is -0.426. The molecular weight excluding hydrogens is 372 g/mol. The molecule has 2 atom stereocenters. The smallest absolute Gasteiger partial charge is 0.262 e. The lowest BCUT2D eigenvalue weighted by Crippen LogP contribution is -2.51. The number of carbonyl (C=O) groups is 1. The molecule has 0 unspecified atom stereocenters. The number of hydrogen-bond donors (Lipinski definition) is 1. The number of nitrogens with zero attached hydrogens (tertiary/aromatic N) is 3. The number of thioether (sulfide) groups is 1. The van der Waals surface area contributed by atoms with E-state index in [1.165, 1.54) is 11.8 Å². The second-order valence-corrected chi connectivity index (χ2v) is 9.25. The van der Waals surface area contributed by atoms with Crippen LogP contribution in [0, 0.1) is 23.2 Å². The van der Waals surface area contributed by atoms with Gasteiger partial charge >= 0.3 is 0 Å². The minimum absolute atomic E-state index is 0.0310. The molecule has 0 radical (unpaired) electrons. The highest BCUT2D eigenvalue weighted by molar-refractivity contribution is 8.00. The van der Waals surface area contributed by atoms with Gasteiger partial charge in [0.1, 0.15) is 5.54 Å². The van der Waals surface area contributed by atoms with Gasteiger partial charge in [-0.2, -0.15) is 5.26 Å². The summed E-state index contributed by atoms with van der Waals surface area (Å²) in [6.07, 6.45) is 0. The Morgan fingerprint density at radius 2 is 1.93 bits per heavy atom. The summed E-state index contributed by atoms with van der Waals surface area (Å²) in [4.78, 5) is 30.3. The number of aromatic nitrogens is 2. The molecule has 1 aromatic carbocycles. The Balaban J connectivity index is 2.38. The molecule has 0 saturated carbocycles. The number of nitriles is 1. The molecule has 0 bridgehead atoms. The molecule has 7 heteroatoms. The Labute approximate surface area is 170 Å². The van der Waals surface area contributed by atoms with Crippen LogP contribution in [-0.2, 0) is 11.3 Å². The summed E-state index contributed by atoms with van der Waals surface area (Å²) >= 11 is 1.24. The molecule has 2 rings (SSSR count). The Morgan fingerprint density at radius 3 is 2.50 bits per heavy atom. The monoisotopic (exact) mass is 400 g/mol. The number of carbonyl (C=O) groups excluding carboxylic acids is 1. The van der Waals surface area contributed by atoms with Crippen LogP contribution in [0.15, 0.2) is 34.2 Å². The standard InChI is InChI=1S/C21H28N4O2S/c1-13(2)11-25-19(27)16-9-7-8-10-17(16)23-20(25)28-15(5)18(26)24-21(6,12-22)14(3)4/h7-10,13-15H,11H2,1-6H3,(H,24,26)/t15-,21+/m0/s1. The van der Waals surface area contributed by atoms with Crippen LogP contribution in [0.2, 0.25) is 0 Å². The van der Waals surface area contributed by atoms with Crippen LogP contribution in [0.25, 0.3) is 10.9 Å². The van der Waals surface area contributed by atoms with Crippen LogP contribution >= 0.6 is 11.8 Å². The van der Waals surface area contributed by atoms with Crippen LogP contribution in [-0.4, -0.2) is 26.2 Å². The third kappa shape index (κ3) is 4.74. The number of fused-ring (bicyclic) bond motifs is 1. The highest BCUT2D eigenvalue weighted by atomic mass is 32.2. The second-order valence-electron chi connectivity index (χ2n) is 7.94. The fourth-order valence-corrected chi connectivity index (χ4v) is 3.55. The first kappa shape index (κ1) is 22.0. The van der Waals surface area contributed by atoms with E-state index in [-0.39, 0.29) is 23.3 Å². The van der Waals surface area contributed by atoms with E-state index in [2.05, 4.69) is 16.4 Å². The highest BCUT2D eigenvalue weighted by Gasteiger charge is 2.32. The number of hydrogen-bond acceptors (Lipinski definition) is 5. The van der Waals surface area contributed by atoms with E-state index in [9.17, 15) is 14.9 Å². The van der Waals surface area contributed by atoms with Crippen molar-refractivity contribution < 1.29 is 4.79 Å². The lowest BCUT2D eigenvalue weighted by atomic mass is 9.90. The van der Waals surface area contributed by atoms with Gasteiger partial charge in [0.25, 0.3) is 5.56 Å². The van der Waals surface area contributed by atoms with Crippen LogP contribution in [0.3, 0.4) is 0 Å². The van der Waals surface area contributed by atoms with Crippen LogP contribution < -0.4 is 10.9 Å². The largest absolute Gasteiger partial charge is 0.337 e. The first-order valence-electron chi connectivity index (χ1n) is 9.48. The minimum atomic E-state index is -0.944. The summed E-state index contributed by atoms with van der Waals surface area (Å²) in [6.45, 7) is 11.9. The SMILES string of the molecule is CC(C)Cn1c(S[C@@H](C)C(=O)N[C@](C)(C#N)C(C)C)nc2ccccc2c1=O. The molecule has 1 N–H and O–H groups in total. The van der Waals surface area contributed by atoms with Crippen molar-refractivity contribution in [3.05, 3.63) is 34.6 Å². The second kappa shape index (κ2) is 8.78. The van der Waals surface area contributed by atoms with Crippen molar-refractivity contribution >= 4 is 28.6 Å². The molecule has 6 nitrogen and oxygen atoms in total. The predicted molar refractivity (Wildman–Crippen MR) is 113 cm³/mol. The average Bonchev–Trinajstić information content (AvgIpc) is 2.64. The van der Waals surface area contributed by atoms with E-state index in [4.69, 9.17) is 0 Å². The van der Waals surface area contributed by atoms with Gasteiger partial charge in [0, 0.05) is 6.54 Å². The van der Waals surface area contributed by atoms with Gasteiger partial charge in [0.2, 0.25) is 5.91 Å². The zero-order valence-corrected chi connectivity index (χ0v) is 18.1. The molecule has 0 saturated heterocycles. The van der Waals surface area contributed by atoms with E-state index in [1.54, 1.807) is 30.5 Å². The molecule has 0 aliphatic carbocycles. The van der Waals surface area contributed by atoms with Gasteiger partial charge in [-0.15, -0.1) is 0 Å². The first-order chi connectivity index (χ1) is 13.1. The van der Waals surface area contributed by atoms with Crippen molar-refractivity contribution in [2.24, 2.45) is 11.8 Å². The van der Waals surface area contributed by atoms with Crippen molar-refractivity contribution in [2.75, 3.05) is 0 Å². The summed E-state index contributed by atoms with van der Waals surface area (Å²) < 4.78 is 1.65. The molecule has 28 heavy (non-hydrogen) atoms. The zero-order chi connectivity index (χ0) is 21.1. The molecule has 150 valence electrons. The molecule has 0 spiro atoms. The number of amides is 1. The Hall–Kier alpha value is -2.33. The van der Waals surface area contributed by atoms with Crippen molar-refractivity contribution in [1.29, 1.82) is 5.26 Å². The van der Waals surface area contributed by atoms with Crippen molar-refractivity contribution in [3.63, 3.8) is 0 Å². The van der Waals surface area contributed by atoms with Gasteiger partial charge in [-0.1, -0.05) is 51.6 Å². The van der Waals surface area contributed by atoms with Gasteiger partial charge in [-0.25, -0.2) is 4.98 Å². The molecule has 0 fully saturated rings. The Bertz CT molecular complexity index is 961. The fraction of sp³-hybridized carbons (Fsp3) is 0.524. The molecular formula is C21H28N4O2S. The molecule has 0 aliphatic rings. The van der Waals surface area contributed by atoms with E-state index in [1.807, 2.05) is 39.8 Å². The maximum absolute atomic E-state index is 13.0. The summed E-state index contributed by atoms with van der Waals surface area (Å²) in [5.74, 6) is -0.0233. The summed E-state index contributed by atoms with van der Waals surface area (Å²) in [5, 5.41) is 12.9. The summed E-state index contributed by atoms with van der Waals surface area (Å²) in [6, 6.07) is 9.42. The van der Waals surface area contributed by atoms with E-state index in [0.29, 0.717) is 22.6 Å². The number of rotatable bonds is 7. The maximum atomic E-state index is 13.0. The van der Waals surface area contributed by atoms with Crippen molar-refractivity contribution in [1.82, 2.24) is 14.9 Å². The zero-order valence-electron chi connectivity index (χ0n) is 17.3. The van der Waals surface area contributed by atoms with Gasteiger partial charge in [0.05, 0.1) is 22.2 Å². The quantitative estimate of drug-likeness (QED) is 0.567. The van der Waals surface area contributed by atoms with Crippen molar-refractivity contribution in [3.8, 4) is 6.07 Å². The predicted octanol–water partition coefficient (Wildman–Crippen LogP) is 3.59. The third-order valence-electron chi connectivity index (χ3n) is 4.80. The lowest BCUT2D eigenvalue weighted by molar-refractivity contribution is -0.121. The van der Waals surface area contributed by atoms with Gasteiger partial charge in [-0.3, -0.25) is 14.2 Å². The normalized spacial score (nSPS) is 14.7. The van der Waals surface area contributed by atoms with Gasteiger partial charge in [-0.05, 0) is 37.8 Å². The molecule has 1 heterocycles. The van der Waals surface area contributed by atoms with E-state index < -0.39 is 10.8 Å². The van der Waals surface area contributed by atoms with Crippen LogP contribution in [0.5, 0.6) is 0 Å². The number of benzene rings is 1. The first-order valence-corrected chi connectivity index (χ1v) is 10.4. The van der Waals surface area contributed by atoms with E-state index >= 15 is 0 Å². The van der Waals surface area contributed by atoms with Crippen LogP contribution in [0.4, 0.5) is 0 Å². The summed E-state index contributed by atoms with van der Waals surface area (Å²) in [7, 11) is 0. The van der Waals surface area contributed by atoms with Gasteiger partial charge < -0.3 is 5.32 Å². The molecule has 1 aromatic heterocycles. The number of nitrogens with one attached hydrogen (secondary N) is 1. The van der Waals surface area contributed by atoms with Crippen LogP contribution in [0.1, 0.15) is 41.5 Å². The van der Waals surface area contributed by atoms with Crippen molar-refractivity contribution in [2.45, 2.75) is 64.0 Å². The Kier molecular flexibility index (Phi) is 6.89. The maximum Gasteiger partial charge on any atom is 0.262 e. The topological polar surface area (TPSA) is 87.8 Å². The molecule has 2 aromatic rings. The van der Waals surface area contributed by atoms with E-state index in [0.717, 1.165) is 0 Å². The Morgan fingerprint density at radius 1 is 1.29 bits per heavy atom. The molecule has 0 aliphatic heterocycles.